The van der Waals surface area contributed by atoms with Crippen LogP contribution in [0.25, 0.3) is 0 Å². The van der Waals surface area contributed by atoms with Crippen molar-refractivity contribution in [3.05, 3.63) is 33.9 Å². The van der Waals surface area contributed by atoms with Gasteiger partial charge >= 0.3 is 19.5 Å². The molecule has 2 rings (SSSR count). The Morgan fingerprint density at radius 1 is 1.10 bits per heavy atom. The van der Waals surface area contributed by atoms with E-state index in [4.69, 9.17) is 28.0 Å². The van der Waals surface area contributed by atoms with E-state index in [0.29, 0.717) is 30.1 Å². The molecule has 0 N–H and O–H groups in total. The Kier molecular flexibility index (Phi) is 12.3. The molecular weight excluding hydrogens is 539 g/mol. The third-order valence-corrected chi connectivity index (χ3v) is 10.6. The molecule has 0 spiro atoms. The van der Waals surface area contributed by atoms with E-state index in [1.807, 2.05) is 19.9 Å². The van der Waals surface area contributed by atoms with Gasteiger partial charge in [0.25, 0.3) is 0 Å². The molecule has 0 aliphatic carbocycles. The number of hydrogen-bond donors (Lipinski definition) is 0. The molecule has 1 aliphatic rings. The number of methoxy groups -OCH3 is 1. The van der Waals surface area contributed by atoms with Crippen molar-refractivity contribution in [3.8, 4) is 11.5 Å². The fourth-order valence-electron chi connectivity index (χ4n) is 4.43. The first-order valence-corrected chi connectivity index (χ1v) is 18.9. The number of allylic oxidation sites excluding steroid dienone is 2. The molecule has 1 heterocycles. The molecule has 0 aromatic heterocycles. The fourth-order valence-corrected chi connectivity index (χ4v) is 7.15. The van der Waals surface area contributed by atoms with Gasteiger partial charge in [-0.15, -0.1) is 0 Å². The minimum atomic E-state index is -3.77. The maximum atomic E-state index is 13.5. The van der Waals surface area contributed by atoms with Crippen molar-refractivity contribution in [2.45, 2.75) is 85.4 Å². The van der Waals surface area contributed by atoms with Crippen LogP contribution in [0.4, 0.5) is 0 Å². The number of ether oxygens (including phenoxy) is 4. The third kappa shape index (κ3) is 8.43. The summed E-state index contributed by atoms with van der Waals surface area (Å²) in [5, 5.41) is 0. The van der Waals surface area contributed by atoms with Crippen molar-refractivity contribution < 1.29 is 42.1 Å². The van der Waals surface area contributed by atoms with Crippen LogP contribution in [0, 0.1) is 6.92 Å². The van der Waals surface area contributed by atoms with Gasteiger partial charge in [0.2, 0.25) is 0 Å². The van der Waals surface area contributed by atoms with Gasteiger partial charge in [-0.05, 0) is 59.1 Å². The number of esters is 2. The van der Waals surface area contributed by atoms with Crippen molar-refractivity contribution in [2.24, 2.45) is 0 Å². The average Bonchev–Trinajstić information content (AvgIpc) is 3.24. The second kappa shape index (κ2) is 14.5. The summed E-state index contributed by atoms with van der Waals surface area (Å²) in [6.45, 7) is 16.7. The minimum Gasteiger partial charge on any atom is -0.496 e. The first-order valence-electron chi connectivity index (χ1n) is 13.6. The normalized spacial score (nSPS) is 14.6. The SMILES string of the molecule is CCOC(=O)C(C/C(C)=C/Cc1c(OC)c(C)c2c(c1OCC[Si](C)(C)C)C(=O)OC2)P(=O)(OCC)OCC. The molecule has 0 radical (unpaired) electrons. The van der Waals surface area contributed by atoms with Gasteiger partial charge in [-0.1, -0.05) is 31.3 Å². The number of benzene rings is 1. The highest BCUT2D eigenvalue weighted by atomic mass is 31.2. The second-order valence-electron chi connectivity index (χ2n) is 10.7. The second-order valence-corrected chi connectivity index (χ2v) is 18.5. The summed E-state index contributed by atoms with van der Waals surface area (Å²) in [5.74, 6) is 0.0841. The maximum Gasteiger partial charge on any atom is 0.345 e. The molecule has 1 atom stereocenters. The molecule has 39 heavy (non-hydrogen) atoms. The van der Waals surface area contributed by atoms with Crippen LogP contribution in [0.1, 0.15) is 61.2 Å². The number of fused-ring (bicyclic) bond motifs is 1. The minimum absolute atomic E-state index is 0.121. The largest absolute Gasteiger partial charge is 0.496 e. The van der Waals surface area contributed by atoms with Crippen LogP contribution in [-0.2, 0) is 40.9 Å². The van der Waals surface area contributed by atoms with Crippen LogP contribution in [0.2, 0.25) is 25.7 Å². The van der Waals surface area contributed by atoms with Crippen LogP contribution in [-0.4, -0.2) is 59.2 Å². The average molecular weight is 585 g/mol. The zero-order valence-corrected chi connectivity index (χ0v) is 26.8. The highest BCUT2D eigenvalue weighted by Crippen LogP contribution is 2.55. The molecule has 1 aliphatic heterocycles. The lowest BCUT2D eigenvalue weighted by atomic mass is 9.94. The maximum absolute atomic E-state index is 13.5. The molecule has 1 aromatic carbocycles. The van der Waals surface area contributed by atoms with Crippen molar-refractivity contribution in [1.82, 2.24) is 0 Å². The molecular formula is C28H45O9PSi. The molecule has 1 unspecified atom stereocenters. The van der Waals surface area contributed by atoms with Gasteiger partial charge in [0.05, 0.1) is 33.5 Å². The van der Waals surface area contributed by atoms with Gasteiger partial charge < -0.3 is 28.0 Å². The summed E-state index contributed by atoms with van der Waals surface area (Å²) < 4.78 is 47.2. The first-order chi connectivity index (χ1) is 18.3. The smallest absolute Gasteiger partial charge is 0.345 e. The van der Waals surface area contributed by atoms with Gasteiger partial charge in [0.15, 0.2) is 5.66 Å². The van der Waals surface area contributed by atoms with E-state index >= 15 is 0 Å². The molecule has 1 aromatic rings. The molecule has 220 valence electrons. The Labute approximate surface area is 234 Å². The number of carbonyl (C=O) groups is 2. The monoisotopic (exact) mass is 584 g/mol. The van der Waals surface area contributed by atoms with E-state index in [0.717, 1.165) is 28.3 Å². The number of cyclic esters (lactones) is 1. The summed E-state index contributed by atoms with van der Waals surface area (Å²) in [4.78, 5) is 25.6. The summed E-state index contributed by atoms with van der Waals surface area (Å²) in [5.41, 5.74) is 2.47. The molecule has 0 amide bonds. The van der Waals surface area contributed by atoms with E-state index < -0.39 is 33.3 Å². The topological polar surface area (TPSA) is 107 Å². The highest BCUT2D eigenvalue weighted by molar-refractivity contribution is 7.55. The molecule has 11 heteroatoms. The van der Waals surface area contributed by atoms with Gasteiger partial charge in [-0.3, -0.25) is 9.36 Å². The zero-order chi connectivity index (χ0) is 29.4. The molecule has 0 saturated heterocycles. The Morgan fingerprint density at radius 2 is 1.74 bits per heavy atom. The van der Waals surface area contributed by atoms with Gasteiger partial charge in [-0.25, -0.2) is 4.79 Å². The Hall–Kier alpha value is -2.13. The first kappa shape index (κ1) is 33.1. The van der Waals surface area contributed by atoms with E-state index in [1.165, 1.54) is 0 Å². The number of rotatable bonds is 16. The lowest BCUT2D eigenvalue weighted by Crippen LogP contribution is -2.26. The molecule has 0 bridgehead atoms. The fraction of sp³-hybridized carbons (Fsp3) is 0.643. The van der Waals surface area contributed by atoms with Crippen LogP contribution in [0.15, 0.2) is 11.6 Å². The van der Waals surface area contributed by atoms with Gasteiger partial charge in [0, 0.05) is 19.2 Å². The Morgan fingerprint density at radius 3 is 2.28 bits per heavy atom. The van der Waals surface area contributed by atoms with Crippen LogP contribution in [0.3, 0.4) is 0 Å². The van der Waals surface area contributed by atoms with Crippen molar-refractivity contribution in [3.63, 3.8) is 0 Å². The lowest BCUT2D eigenvalue weighted by molar-refractivity contribution is -0.143. The Bertz CT molecular complexity index is 1100. The van der Waals surface area contributed by atoms with Crippen LogP contribution < -0.4 is 9.47 Å². The molecule has 0 fully saturated rings. The highest BCUT2D eigenvalue weighted by Gasteiger charge is 2.42. The summed E-state index contributed by atoms with van der Waals surface area (Å²) in [7, 11) is -3.56. The van der Waals surface area contributed by atoms with Gasteiger partial charge in [0.1, 0.15) is 23.7 Å². The van der Waals surface area contributed by atoms with Crippen molar-refractivity contribution in [2.75, 3.05) is 33.5 Å². The van der Waals surface area contributed by atoms with E-state index in [-0.39, 0.29) is 32.8 Å². The summed E-state index contributed by atoms with van der Waals surface area (Å²) in [6, 6.07) is 0.923. The predicted molar refractivity (Wildman–Crippen MR) is 154 cm³/mol. The third-order valence-electron chi connectivity index (χ3n) is 6.45. The van der Waals surface area contributed by atoms with Gasteiger partial charge in [-0.2, -0.15) is 0 Å². The summed E-state index contributed by atoms with van der Waals surface area (Å²) >= 11 is 0. The van der Waals surface area contributed by atoms with Crippen molar-refractivity contribution in [1.29, 1.82) is 0 Å². The predicted octanol–water partition coefficient (Wildman–Crippen LogP) is 6.47. The quantitative estimate of drug-likeness (QED) is 0.0935. The number of hydrogen-bond acceptors (Lipinski definition) is 9. The molecule has 0 saturated carbocycles. The van der Waals surface area contributed by atoms with E-state index in [1.54, 1.807) is 27.9 Å². The van der Waals surface area contributed by atoms with E-state index in [2.05, 4.69) is 19.6 Å². The Balaban J connectivity index is 2.50. The number of carbonyl (C=O) groups excluding carboxylic acids is 2. The lowest BCUT2D eigenvalue weighted by Gasteiger charge is -2.25. The van der Waals surface area contributed by atoms with E-state index in [9.17, 15) is 14.2 Å². The molecule has 9 nitrogen and oxygen atoms in total. The standard InChI is InChI=1S/C28H45O9PSi/c1-10-33-27(29)23(38(31,36-11-2)37-12-3)17-19(4)13-14-21-25(32-6)20(5)22-18-35-28(30)24(22)26(21)34-15-16-39(7,8)9/h13,23H,10-12,14-18H2,1-9H3/b19-13+. The van der Waals surface area contributed by atoms with Crippen LogP contribution in [0.5, 0.6) is 11.5 Å². The van der Waals surface area contributed by atoms with Crippen molar-refractivity contribution >= 4 is 27.6 Å². The summed E-state index contributed by atoms with van der Waals surface area (Å²) in [6.07, 6.45) is 2.40. The van der Waals surface area contributed by atoms with Crippen LogP contribution >= 0.6 is 7.60 Å². The zero-order valence-electron chi connectivity index (χ0n) is 24.9.